The predicted molar refractivity (Wildman–Crippen MR) is 60.0 cm³/mol. The molecule has 0 fully saturated rings. The highest BCUT2D eigenvalue weighted by Gasteiger charge is 2.31. The molecule has 0 unspecified atom stereocenters. The number of hydrogen-bond donors (Lipinski definition) is 0. The maximum Gasteiger partial charge on any atom is 0.331 e. The van der Waals surface area contributed by atoms with E-state index in [2.05, 4.69) is 45.9 Å². The molecule has 1 aromatic rings. The summed E-state index contributed by atoms with van der Waals surface area (Å²) in [6.07, 6.45) is 0. The highest BCUT2D eigenvalue weighted by atomic mass is 16.5. The van der Waals surface area contributed by atoms with E-state index < -0.39 is 0 Å². The van der Waals surface area contributed by atoms with E-state index in [1.807, 2.05) is 7.48 Å². The molecule has 73 valence electrons. The molecule has 0 saturated carbocycles. The first-order valence-electron chi connectivity index (χ1n) is 5.16. The third kappa shape index (κ3) is 1.48. The number of fused-ring (bicyclic) bond motifs is 1. The molecule has 0 N–H and O–H groups in total. The van der Waals surface area contributed by atoms with Gasteiger partial charge in [-0.1, -0.05) is 32.0 Å². The lowest BCUT2D eigenvalue weighted by atomic mass is 9.82. The van der Waals surface area contributed by atoms with Gasteiger partial charge < -0.3 is 4.65 Å². The molecule has 0 amide bonds. The molecule has 0 aliphatic carbocycles. The molecule has 0 spiro atoms. The first kappa shape index (κ1) is 9.79. The van der Waals surface area contributed by atoms with E-state index >= 15 is 0 Å². The average Bonchev–Trinajstić information content (AvgIpc) is 2.42. The van der Waals surface area contributed by atoms with Gasteiger partial charge in [0.05, 0.1) is 5.60 Å². The van der Waals surface area contributed by atoms with Crippen molar-refractivity contribution in [1.82, 2.24) is 0 Å². The second-order valence-corrected chi connectivity index (χ2v) is 4.75. The minimum Gasteiger partial charge on any atom is -0.426 e. The summed E-state index contributed by atoms with van der Waals surface area (Å²) >= 11 is 0. The Morgan fingerprint density at radius 2 is 2.00 bits per heavy atom. The van der Waals surface area contributed by atoms with E-state index in [0.717, 1.165) is 0 Å². The molecule has 14 heavy (non-hydrogen) atoms. The van der Waals surface area contributed by atoms with Crippen LogP contribution in [0.15, 0.2) is 18.2 Å². The van der Waals surface area contributed by atoms with Crippen molar-refractivity contribution >= 4 is 12.9 Å². The van der Waals surface area contributed by atoms with Gasteiger partial charge in [-0.05, 0) is 36.4 Å². The monoisotopic (exact) mass is 187 g/mol. The fourth-order valence-corrected chi connectivity index (χ4v) is 1.86. The van der Waals surface area contributed by atoms with Crippen molar-refractivity contribution in [2.45, 2.75) is 39.2 Å². The summed E-state index contributed by atoms with van der Waals surface area (Å²) in [4.78, 5) is 0. The van der Waals surface area contributed by atoms with Crippen LogP contribution in [-0.4, -0.2) is 7.48 Å². The third-order valence-electron chi connectivity index (χ3n) is 2.87. The molecule has 0 bridgehead atoms. The predicted octanol–water partition coefficient (Wildman–Crippen LogP) is 2.32. The molecule has 1 aromatic carbocycles. The lowest BCUT2D eigenvalue weighted by Crippen LogP contribution is -2.16. The van der Waals surface area contributed by atoms with Gasteiger partial charge in [-0.25, -0.2) is 0 Å². The van der Waals surface area contributed by atoms with Gasteiger partial charge in [0.1, 0.15) is 0 Å². The second-order valence-electron chi connectivity index (χ2n) is 4.75. The average molecular weight is 187 g/mol. The van der Waals surface area contributed by atoms with Gasteiger partial charge in [0.15, 0.2) is 0 Å². The zero-order valence-corrected chi connectivity index (χ0v) is 9.29. The van der Waals surface area contributed by atoms with Crippen molar-refractivity contribution in [3.63, 3.8) is 0 Å². The third-order valence-corrected chi connectivity index (χ3v) is 2.87. The second kappa shape index (κ2) is 3.13. The van der Waals surface area contributed by atoms with Gasteiger partial charge in [0.25, 0.3) is 0 Å². The number of benzene rings is 1. The van der Waals surface area contributed by atoms with E-state index in [1.165, 1.54) is 16.6 Å². The maximum atomic E-state index is 5.62. The zero-order chi connectivity index (χ0) is 10.3. The Bertz CT molecular complexity index is 355. The summed E-state index contributed by atoms with van der Waals surface area (Å²) < 4.78 is 5.62. The van der Waals surface area contributed by atoms with Gasteiger partial charge in [-0.3, -0.25) is 0 Å². The highest BCUT2D eigenvalue weighted by Crippen LogP contribution is 2.28. The Labute approximate surface area is 86.8 Å². The Balaban J connectivity index is 2.44. The van der Waals surface area contributed by atoms with Gasteiger partial charge in [-0.15, -0.1) is 0 Å². The number of rotatable bonds is 1. The van der Waals surface area contributed by atoms with Crippen LogP contribution in [0.2, 0.25) is 0 Å². The zero-order valence-electron chi connectivity index (χ0n) is 9.29. The van der Waals surface area contributed by atoms with E-state index in [9.17, 15) is 0 Å². The standard InChI is InChI=1S/C12H16BO/c1-8(2)9-5-6-10-11(7-9)13-14-12(10,3)4/h5-8H,1-4H3. The quantitative estimate of drug-likeness (QED) is 0.613. The van der Waals surface area contributed by atoms with Crippen LogP contribution >= 0.6 is 0 Å². The molecule has 0 saturated heterocycles. The van der Waals surface area contributed by atoms with Crippen molar-refractivity contribution in [1.29, 1.82) is 0 Å². The Kier molecular flexibility index (Phi) is 2.19. The molecule has 0 aromatic heterocycles. The van der Waals surface area contributed by atoms with Crippen molar-refractivity contribution in [3.8, 4) is 0 Å². The molecular weight excluding hydrogens is 171 g/mol. The van der Waals surface area contributed by atoms with Crippen LogP contribution in [0.5, 0.6) is 0 Å². The van der Waals surface area contributed by atoms with Crippen LogP contribution in [-0.2, 0) is 10.3 Å². The minimum absolute atomic E-state index is 0.148. The van der Waals surface area contributed by atoms with Crippen LogP contribution in [0.25, 0.3) is 0 Å². The summed E-state index contributed by atoms with van der Waals surface area (Å²) in [6, 6.07) is 6.62. The maximum absolute atomic E-state index is 5.62. The SMILES string of the molecule is CC(C)c1ccc2c(c1)[B]OC2(C)C. The Morgan fingerprint density at radius 3 is 2.64 bits per heavy atom. The Morgan fingerprint density at radius 1 is 1.29 bits per heavy atom. The van der Waals surface area contributed by atoms with Gasteiger partial charge in [-0.2, -0.15) is 0 Å². The van der Waals surface area contributed by atoms with Crippen molar-refractivity contribution in [2.75, 3.05) is 0 Å². The van der Waals surface area contributed by atoms with E-state index in [0.29, 0.717) is 5.92 Å². The topological polar surface area (TPSA) is 9.23 Å². The van der Waals surface area contributed by atoms with Crippen LogP contribution < -0.4 is 5.46 Å². The molecule has 2 rings (SSSR count). The fraction of sp³-hybridized carbons (Fsp3) is 0.500. The minimum atomic E-state index is -0.148. The molecule has 1 aliphatic rings. The summed E-state index contributed by atoms with van der Waals surface area (Å²) in [7, 11) is 1.88. The molecule has 0 atom stereocenters. The van der Waals surface area contributed by atoms with Crippen LogP contribution in [0, 0.1) is 0 Å². The molecule has 2 heteroatoms. The molecule has 1 heterocycles. The summed E-state index contributed by atoms with van der Waals surface area (Å²) in [5, 5.41) is 0. The molecule has 1 nitrogen and oxygen atoms in total. The van der Waals surface area contributed by atoms with Crippen molar-refractivity contribution < 1.29 is 4.65 Å². The lowest BCUT2D eigenvalue weighted by Gasteiger charge is -2.20. The van der Waals surface area contributed by atoms with Crippen LogP contribution in [0.1, 0.15) is 44.7 Å². The van der Waals surface area contributed by atoms with Gasteiger partial charge in [0, 0.05) is 0 Å². The van der Waals surface area contributed by atoms with E-state index in [-0.39, 0.29) is 5.60 Å². The largest absolute Gasteiger partial charge is 0.426 e. The fourth-order valence-electron chi connectivity index (χ4n) is 1.86. The smallest absolute Gasteiger partial charge is 0.331 e. The van der Waals surface area contributed by atoms with Gasteiger partial charge >= 0.3 is 7.48 Å². The molecule has 1 aliphatic heterocycles. The first-order valence-corrected chi connectivity index (χ1v) is 5.16. The van der Waals surface area contributed by atoms with Crippen LogP contribution in [0.4, 0.5) is 0 Å². The van der Waals surface area contributed by atoms with E-state index in [1.54, 1.807) is 0 Å². The van der Waals surface area contributed by atoms with E-state index in [4.69, 9.17) is 4.65 Å². The van der Waals surface area contributed by atoms with Gasteiger partial charge in [0.2, 0.25) is 0 Å². The van der Waals surface area contributed by atoms with Crippen LogP contribution in [0.3, 0.4) is 0 Å². The summed E-state index contributed by atoms with van der Waals surface area (Å²) in [6.45, 7) is 8.63. The Hall–Kier alpha value is -0.755. The molecular formula is C12H16BO. The number of hydrogen-bond acceptors (Lipinski definition) is 1. The normalized spacial score (nSPS) is 18.1. The lowest BCUT2D eigenvalue weighted by molar-refractivity contribution is 0.131. The summed E-state index contributed by atoms with van der Waals surface area (Å²) in [5.41, 5.74) is 3.76. The highest BCUT2D eigenvalue weighted by molar-refractivity contribution is 6.49. The van der Waals surface area contributed by atoms with Crippen molar-refractivity contribution in [3.05, 3.63) is 29.3 Å². The first-order chi connectivity index (χ1) is 6.50. The van der Waals surface area contributed by atoms with Crippen molar-refractivity contribution in [2.24, 2.45) is 0 Å². The molecule has 1 radical (unpaired) electrons. The summed E-state index contributed by atoms with van der Waals surface area (Å²) in [5.74, 6) is 0.581.